The summed E-state index contributed by atoms with van der Waals surface area (Å²) in [5, 5.41) is 4.20. The molecule has 0 aliphatic carbocycles. The third kappa shape index (κ3) is 9.46. The zero-order valence-electron chi connectivity index (χ0n) is 26.9. The minimum Gasteiger partial charge on any atom is -0.870 e. The number of halogens is 2. The minimum absolute atomic E-state index is 0. The Morgan fingerprint density at radius 3 is 2.31 bits per heavy atom. The average molecular weight is 717 g/mol. The van der Waals surface area contributed by atoms with Crippen molar-refractivity contribution in [3.63, 3.8) is 0 Å². The van der Waals surface area contributed by atoms with E-state index in [9.17, 15) is 9.59 Å². The van der Waals surface area contributed by atoms with E-state index in [0.717, 1.165) is 36.4 Å². The first-order chi connectivity index (χ1) is 22.7. The van der Waals surface area contributed by atoms with Crippen LogP contribution in [0.4, 0.5) is 0 Å². The lowest BCUT2D eigenvalue weighted by Crippen LogP contribution is -2.38. The van der Waals surface area contributed by atoms with Crippen molar-refractivity contribution in [2.75, 3.05) is 34.4 Å². The summed E-state index contributed by atoms with van der Waals surface area (Å²) in [7, 11) is 5.17. The van der Waals surface area contributed by atoms with Gasteiger partial charge >= 0.3 is 11.9 Å². The van der Waals surface area contributed by atoms with E-state index < -0.39 is 18.1 Å². The monoisotopic (exact) mass is 715 g/mol. The summed E-state index contributed by atoms with van der Waals surface area (Å²) >= 11 is 14.2. The molecule has 3 heterocycles. The lowest BCUT2D eigenvalue weighted by Gasteiger charge is -2.30. The summed E-state index contributed by atoms with van der Waals surface area (Å²) in [6, 6.07) is 17.8. The number of carbonyl (C=O) groups excluding carboxylic acids is 2. The standard InChI is InChI=1S/C35H37Cl2N3O6S.H2O/c1-40-15-13-24(14-16-40)45-35(42)33(22-7-5-4-6-8-22)39-19-25-10-12-32(47-25)34(41)46-30(18-26-27(36)20-38-21-28(26)37)23-9-11-29(43-2)31(17-23)44-3;/h4-12,17,20-21,24,30,33,39H,13-16,18-19H2,1-3H3;1H2/t30-,33?;/m0./s1. The first-order valence-electron chi connectivity index (χ1n) is 15.3. The number of nitrogens with zero attached hydrogens (tertiary/aromatic N) is 1. The van der Waals surface area contributed by atoms with Crippen molar-refractivity contribution in [3.8, 4) is 11.5 Å². The molecule has 1 unspecified atom stereocenters. The third-order valence-corrected chi connectivity index (χ3v) is 9.81. The van der Waals surface area contributed by atoms with Crippen LogP contribution in [0.1, 0.15) is 56.2 Å². The zero-order valence-corrected chi connectivity index (χ0v) is 29.2. The molecule has 2 aromatic heterocycles. The highest BCUT2D eigenvalue weighted by atomic mass is 35.5. The van der Waals surface area contributed by atoms with Crippen molar-refractivity contribution in [2.24, 2.45) is 0 Å². The number of ether oxygens (including phenoxy) is 4. The fourth-order valence-electron chi connectivity index (χ4n) is 5.43. The molecule has 13 heteroatoms. The number of hydrogen-bond acceptors (Lipinski definition) is 10. The van der Waals surface area contributed by atoms with E-state index in [-0.39, 0.29) is 24.0 Å². The summed E-state index contributed by atoms with van der Waals surface area (Å²) in [6.45, 7) is 2.14. The number of thiophene rings is 1. The number of piperidine rings is 1. The SMILES string of the molecule is COc1ccc([C@H](Cc2c(Cl)c[nH+]cc2Cl)OC(=O)c2ccc(CNC(C(=O)OC3CCN(C)CC3)c3ccccc3)s2)cc1OC.[OH-]. The van der Waals surface area contributed by atoms with Crippen LogP contribution < -0.4 is 19.8 Å². The van der Waals surface area contributed by atoms with Crippen molar-refractivity contribution < 1.29 is 39.0 Å². The van der Waals surface area contributed by atoms with E-state index >= 15 is 0 Å². The normalized spacial score (nSPS) is 14.8. The molecular weight excluding hydrogens is 677 g/mol. The molecule has 10 nitrogen and oxygen atoms in total. The molecular formula is C35H39Cl2N3O7S. The van der Waals surface area contributed by atoms with Gasteiger partial charge < -0.3 is 29.3 Å². The van der Waals surface area contributed by atoms with E-state index in [1.807, 2.05) is 42.5 Å². The highest BCUT2D eigenvalue weighted by Gasteiger charge is 2.28. The molecule has 0 radical (unpaired) electrons. The van der Waals surface area contributed by atoms with Crippen molar-refractivity contribution >= 4 is 46.5 Å². The highest BCUT2D eigenvalue weighted by Crippen LogP contribution is 2.36. The Morgan fingerprint density at radius 2 is 1.65 bits per heavy atom. The Hall–Kier alpha value is -3.71. The number of rotatable bonds is 13. The number of carbonyl (C=O) groups is 2. The van der Waals surface area contributed by atoms with Gasteiger partial charge in [0, 0.05) is 36.5 Å². The van der Waals surface area contributed by atoms with E-state index in [0.29, 0.717) is 44.1 Å². The smallest absolute Gasteiger partial charge is 0.348 e. The molecule has 1 aliphatic heterocycles. The number of benzene rings is 2. The number of nitrogens with one attached hydrogen (secondary N) is 2. The molecule has 0 saturated carbocycles. The first-order valence-corrected chi connectivity index (χ1v) is 16.9. The maximum atomic E-state index is 13.6. The number of aromatic amines is 1. The Balaban J connectivity index is 0.00000520. The summed E-state index contributed by atoms with van der Waals surface area (Å²) in [6.07, 6.45) is 4.26. The number of likely N-dealkylation sites (tertiary alicyclic amines) is 1. The number of aromatic nitrogens is 1. The van der Waals surface area contributed by atoms with Crippen LogP contribution >= 0.6 is 34.5 Å². The molecule has 1 saturated heterocycles. The number of pyridine rings is 1. The van der Waals surface area contributed by atoms with Crippen molar-refractivity contribution in [1.29, 1.82) is 0 Å². The Morgan fingerprint density at radius 1 is 0.958 bits per heavy atom. The van der Waals surface area contributed by atoms with Crippen LogP contribution in [0, 0.1) is 0 Å². The van der Waals surface area contributed by atoms with Gasteiger partial charge in [0.2, 0.25) is 0 Å². The molecule has 256 valence electrons. The van der Waals surface area contributed by atoms with Gasteiger partial charge in [0.05, 0.1) is 14.2 Å². The van der Waals surface area contributed by atoms with E-state index in [1.165, 1.54) is 11.3 Å². The second kappa shape index (κ2) is 17.6. The number of hydrogen-bond donors (Lipinski definition) is 1. The van der Waals surface area contributed by atoms with Gasteiger partial charge in [-0.1, -0.05) is 59.6 Å². The molecule has 0 spiro atoms. The molecule has 4 aromatic rings. The summed E-state index contributed by atoms with van der Waals surface area (Å²) in [5.74, 6) is 0.232. The predicted octanol–water partition coefficient (Wildman–Crippen LogP) is 6.32. The molecule has 0 amide bonds. The van der Waals surface area contributed by atoms with Gasteiger partial charge in [-0.2, -0.15) is 0 Å². The molecule has 0 bridgehead atoms. The number of H-pyrrole nitrogens is 1. The first kappa shape index (κ1) is 37.1. The molecule has 2 atom stereocenters. The maximum Gasteiger partial charge on any atom is 0.348 e. The van der Waals surface area contributed by atoms with E-state index in [2.05, 4.69) is 22.2 Å². The second-order valence-corrected chi connectivity index (χ2v) is 13.3. The predicted molar refractivity (Wildman–Crippen MR) is 183 cm³/mol. The zero-order chi connectivity index (χ0) is 33.3. The maximum absolute atomic E-state index is 13.6. The summed E-state index contributed by atoms with van der Waals surface area (Å²) in [5.41, 5.74) is 2.13. The average Bonchev–Trinajstić information content (AvgIpc) is 3.56. The fraction of sp³-hybridized carbons (Fsp3) is 0.343. The quantitative estimate of drug-likeness (QED) is 0.158. The van der Waals surface area contributed by atoms with Crippen LogP contribution in [-0.2, 0) is 27.2 Å². The molecule has 3 N–H and O–H groups in total. The van der Waals surface area contributed by atoms with Gasteiger partial charge in [-0.25, -0.2) is 14.6 Å². The van der Waals surface area contributed by atoms with Crippen LogP contribution in [0.15, 0.2) is 73.1 Å². The largest absolute Gasteiger partial charge is 0.870 e. The van der Waals surface area contributed by atoms with E-state index in [1.54, 1.807) is 44.8 Å². The fourth-order valence-corrected chi connectivity index (χ4v) is 6.80. The van der Waals surface area contributed by atoms with Crippen LogP contribution in [0.2, 0.25) is 10.0 Å². The third-order valence-electron chi connectivity index (χ3n) is 8.08. The van der Waals surface area contributed by atoms with Crippen LogP contribution in [-0.4, -0.2) is 62.8 Å². The molecule has 1 fully saturated rings. The molecule has 48 heavy (non-hydrogen) atoms. The summed E-state index contributed by atoms with van der Waals surface area (Å²) in [4.78, 5) is 33.3. The Kier molecular flexibility index (Phi) is 13.6. The second-order valence-electron chi connectivity index (χ2n) is 11.3. The van der Waals surface area contributed by atoms with Crippen LogP contribution in [0.25, 0.3) is 0 Å². The van der Waals surface area contributed by atoms with Gasteiger partial charge in [0.15, 0.2) is 23.9 Å². The lowest BCUT2D eigenvalue weighted by atomic mass is 10.0. The highest BCUT2D eigenvalue weighted by molar-refractivity contribution is 7.13. The molecule has 2 aromatic carbocycles. The van der Waals surface area contributed by atoms with Crippen LogP contribution in [0.5, 0.6) is 11.5 Å². The van der Waals surface area contributed by atoms with Gasteiger partial charge in [0.25, 0.3) is 0 Å². The van der Waals surface area contributed by atoms with Gasteiger partial charge in [0.1, 0.15) is 33.2 Å². The van der Waals surface area contributed by atoms with Gasteiger partial charge in [-0.05, 0) is 55.3 Å². The van der Waals surface area contributed by atoms with Crippen molar-refractivity contribution in [1.82, 2.24) is 10.2 Å². The Labute approximate surface area is 294 Å². The number of methoxy groups -OCH3 is 2. The topological polar surface area (TPSA) is 130 Å². The number of esters is 2. The summed E-state index contributed by atoms with van der Waals surface area (Å²) < 4.78 is 22.9. The van der Waals surface area contributed by atoms with Gasteiger partial charge in [-0.15, -0.1) is 11.3 Å². The van der Waals surface area contributed by atoms with E-state index in [4.69, 9.17) is 42.1 Å². The van der Waals surface area contributed by atoms with Crippen LogP contribution in [0.3, 0.4) is 0 Å². The molecule has 5 rings (SSSR count). The van der Waals surface area contributed by atoms with Crippen molar-refractivity contribution in [3.05, 3.63) is 110 Å². The lowest BCUT2D eigenvalue weighted by molar-refractivity contribution is -0.377. The van der Waals surface area contributed by atoms with Gasteiger partial charge in [-0.3, -0.25) is 5.32 Å². The Bertz CT molecular complexity index is 1640. The molecule has 1 aliphatic rings. The minimum atomic E-state index is -0.736. The van der Waals surface area contributed by atoms with Crippen molar-refractivity contribution in [2.45, 2.75) is 44.1 Å².